The van der Waals surface area contributed by atoms with E-state index in [0.717, 1.165) is 38.2 Å². The van der Waals surface area contributed by atoms with Gasteiger partial charge in [-0.3, -0.25) is 0 Å². The topological polar surface area (TPSA) is 37.8 Å². The fraction of sp³-hybridized carbons (Fsp3) is 0.750. The lowest BCUT2D eigenvalue weighted by atomic mass is 9.98. The Bertz CT molecular complexity index is 365. The SMILES string of the molecule is CCCNCC(C)Cc1c(C)nc(CCC)nc1C. The normalized spacial score (nSPS) is 12.7. The fourth-order valence-electron chi connectivity index (χ4n) is 2.39. The zero-order chi connectivity index (χ0) is 14.3. The van der Waals surface area contributed by atoms with Crippen molar-refractivity contribution >= 4 is 0 Å². The van der Waals surface area contributed by atoms with Crippen LogP contribution < -0.4 is 5.32 Å². The summed E-state index contributed by atoms with van der Waals surface area (Å²) >= 11 is 0. The summed E-state index contributed by atoms with van der Waals surface area (Å²) in [7, 11) is 0. The summed E-state index contributed by atoms with van der Waals surface area (Å²) in [6.07, 6.45) is 4.35. The van der Waals surface area contributed by atoms with Crippen molar-refractivity contribution in [1.29, 1.82) is 0 Å². The maximum absolute atomic E-state index is 4.64. The molecule has 0 fully saturated rings. The third-order valence-electron chi connectivity index (χ3n) is 3.41. The minimum absolute atomic E-state index is 0.629. The number of hydrogen-bond donors (Lipinski definition) is 1. The third-order valence-corrected chi connectivity index (χ3v) is 3.41. The van der Waals surface area contributed by atoms with Crippen molar-refractivity contribution in [3.05, 3.63) is 22.8 Å². The van der Waals surface area contributed by atoms with E-state index in [1.54, 1.807) is 0 Å². The van der Waals surface area contributed by atoms with E-state index in [1.165, 1.54) is 23.4 Å². The van der Waals surface area contributed by atoms with Crippen LogP contribution >= 0.6 is 0 Å². The van der Waals surface area contributed by atoms with Crippen LogP contribution in [-0.4, -0.2) is 23.1 Å². The Labute approximate surface area is 118 Å². The Kier molecular flexibility index (Phi) is 7.00. The summed E-state index contributed by atoms with van der Waals surface area (Å²) in [6.45, 7) is 13.1. The average Bonchev–Trinajstić information content (AvgIpc) is 2.34. The van der Waals surface area contributed by atoms with E-state index >= 15 is 0 Å². The highest BCUT2D eigenvalue weighted by molar-refractivity contribution is 5.25. The van der Waals surface area contributed by atoms with Crippen LogP contribution in [0.25, 0.3) is 0 Å². The molecule has 0 amide bonds. The number of hydrogen-bond acceptors (Lipinski definition) is 3. The van der Waals surface area contributed by atoms with Crippen LogP contribution in [-0.2, 0) is 12.8 Å². The van der Waals surface area contributed by atoms with Gasteiger partial charge in [-0.15, -0.1) is 0 Å². The molecule has 1 atom stereocenters. The lowest BCUT2D eigenvalue weighted by Gasteiger charge is -2.16. The van der Waals surface area contributed by atoms with Gasteiger partial charge in [0.1, 0.15) is 5.82 Å². The highest BCUT2D eigenvalue weighted by Crippen LogP contribution is 2.15. The minimum Gasteiger partial charge on any atom is -0.316 e. The minimum atomic E-state index is 0.629. The molecule has 0 aliphatic carbocycles. The van der Waals surface area contributed by atoms with E-state index in [4.69, 9.17) is 0 Å². The van der Waals surface area contributed by atoms with Gasteiger partial charge in [0.15, 0.2) is 0 Å². The molecule has 0 bridgehead atoms. The Morgan fingerprint density at radius 2 is 1.68 bits per heavy atom. The molecule has 108 valence electrons. The first kappa shape index (κ1) is 16.1. The molecule has 0 spiro atoms. The van der Waals surface area contributed by atoms with Crippen molar-refractivity contribution in [1.82, 2.24) is 15.3 Å². The summed E-state index contributed by atoms with van der Waals surface area (Å²) in [5.74, 6) is 1.63. The number of rotatable bonds is 8. The van der Waals surface area contributed by atoms with Gasteiger partial charge in [0.05, 0.1) is 0 Å². The second-order valence-corrected chi connectivity index (χ2v) is 5.55. The molecule has 0 saturated heterocycles. The Hall–Kier alpha value is -0.960. The van der Waals surface area contributed by atoms with Gasteiger partial charge >= 0.3 is 0 Å². The molecule has 3 nitrogen and oxygen atoms in total. The predicted molar refractivity (Wildman–Crippen MR) is 81.5 cm³/mol. The predicted octanol–water partition coefficient (Wildman–Crippen LogP) is 3.22. The molecule has 3 heteroatoms. The monoisotopic (exact) mass is 263 g/mol. The molecule has 1 rings (SSSR count). The van der Waals surface area contributed by atoms with E-state index in [0.29, 0.717) is 5.92 Å². The Balaban J connectivity index is 2.67. The van der Waals surface area contributed by atoms with E-state index in [9.17, 15) is 0 Å². The molecular weight excluding hydrogens is 234 g/mol. The molecule has 0 radical (unpaired) electrons. The highest BCUT2D eigenvalue weighted by atomic mass is 14.9. The third kappa shape index (κ3) is 5.27. The van der Waals surface area contributed by atoms with Crippen LogP contribution in [0.3, 0.4) is 0 Å². The molecule has 0 saturated carbocycles. The first-order chi connectivity index (χ1) is 9.08. The summed E-state index contributed by atoms with van der Waals surface area (Å²) < 4.78 is 0. The van der Waals surface area contributed by atoms with Gasteiger partial charge in [-0.2, -0.15) is 0 Å². The molecule has 1 aromatic heterocycles. The van der Waals surface area contributed by atoms with Crippen LogP contribution in [0.4, 0.5) is 0 Å². The van der Waals surface area contributed by atoms with E-state index in [2.05, 4.69) is 49.9 Å². The summed E-state index contributed by atoms with van der Waals surface area (Å²) in [5.41, 5.74) is 3.67. The van der Waals surface area contributed by atoms with E-state index < -0.39 is 0 Å². The zero-order valence-corrected chi connectivity index (χ0v) is 13.2. The van der Waals surface area contributed by atoms with E-state index in [1.807, 2.05) is 0 Å². The number of aryl methyl sites for hydroxylation is 3. The van der Waals surface area contributed by atoms with Crippen LogP contribution in [0.5, 0.6) is 0 Å². The highest BCUT2D eigenvalue weighted by Gasteiger charge is 2.11. The molecule has 19 heavy (non-hydrogen) atoms. The summed E-state index contributed by atoms with van der Waals surface area (Å²) in [4.78, 5) is 9.28. The van der Waals surface area contributed by atoms with Crippen molar-refractivity contribution in [3.8, 4) is 0 Å². The van der Waals surface area contributed by atoms with Crippen molar-refractivity contribution in [3.63, 3.8) is 0 Å². The largest absolute Gasteiger partial charge is 0.316 e. The zero-order valence-electron chi connectivity index (χ0n) is 13.2. The molecule has 0 aliphatic heterocycles. The standard InChI is InChI=1S/C16H29N3/c1-6-8-16-18-13(4)15(14(5)19-16)10-12(3)11-17-9-7-2/h12,17H,6-11H2,1-5H3. The van der Waals surface area contributed by atoms with Crippen LogP contribution in [0.1, 0.15) is 56.4 Å². The molecule has 0 aliphatic rings. The summed E-state index contributed by atoms with van der Waals surface area (Å²) in [6, 6.07) is 0. The molecule has 1 aromatic rings. The molecular formula is C16H29N3. The Morgan fingerprint density at radius 1 is 1.05 bits per heavy atom. The summed E-state index contributed by atoms with van der Waals surface area (Å²) in [5, 5.41) is 3.48. The second-order valence-electron chi connectivity index (χ2n) is 5.55. The van der Waals surface area contributed by atoms with Gasteiger partial charge in [-0.25, -0.2) is 9.97 Å². The van der Waals surface area contributed by atoms with Crippen LogP contribution in [0.2, 0.25) is 0 Å². The quantitative estimate of drug-likeness (QED) is 0.732. The molecule has 1 unspecified atom stereocenters. The molecule has 1 N–H and O–H groups in total. The lowest BCUT2D eigenvalue weighted by Crippen LogP contribution is -2.23. The van der Waals surface area contributed by atoms with Gasteiger partial charge in [0, 0.05) is 17.8 Å². The maximum Gasteiger partial charge on any atom is 0.128 e. The molecule has 0 aromatic carbocycles. The lowest BCUT2D eigenvalue weighted by molar-refractivity contribution is 0.506. The van der Waals surface area contributed by atoms with Crippen molar-refractivity contribution in [2.45, 2.75) is 60.3 Å². The van der Waals surface area contributed by atoms with Crippen molar-refractivity contribution in [2.24, 2.45) is 5.92 Å². The number of nitrogens with zero attached hydrogens (tertiary/aromatic N) is 2. The van der Waals surface area contributed by atoms with Crippen molar-refractivity contribution in [2.75, 3.05) is 13.1 Å². The van der Waals surface area contributed by atoms with Gasteiger partial charge in [0.25, 0.3) is 0 Å². The fourth-order valence-corrected chi connectivity index (χ4v) is 2.39. The first-order valence-electron chi connectivity index (χ1n) is 7.62. The van der Waals surface area contributed by atoms with Gasteiger partial charge in [-0.05, 0) is 57.7 Å². The Morgan fingerprint density at radius 3 is 2.21 bits per heavy atom. The van der Waals surface area contributed by atoms with E-state index in [-0.39, 0.29) is 0 Å². The number of aromatic nitrogens is 2. The molecule has 1 heterocycles. The van der Waals surface area contributed by atoms with Gasteiger partial charge in [-0.1, -0.05) is 20.8 Å². The van der Waals surface area contributed by atoms with Crippen molar-refractivity contribution < 1.29 is 0 Å². The number of nitrogens with one attached hydrogen (secondary N) is 1. The maximum atomic E-state index is 4.64. The van der Waals surface area contributed by atoms with Gasteiger partial charge in [0.2, 0.25) is 0 Å². The smallest absolute Gasteiger partial charge is 0.128 e. The van der Waals surface area contributed by atoms with Crippen LogP contribution in [0.15, 0.2) is 0 Å². The van der Waals surface area contributed by atoms with Crippen LogP contribution in [0, 0.1) is 19.8 Å². The average molecular weight is 263 g/mol. The first-order valence-corrected chi connectivity index (χ1v) is 7.62. The second kappa shape index (κ2) is 8.26. The van der Waals surface area contributed by atoms with Gasteiger partial charge < -0.3 is 5.32 Å².